The second kappa shape index (κ2) is 11.5. The van der Waals surface area contributed by atoms with E-state index in [-0.39, 0.29) is 11.8 Å². The minimum atomic E-state index is -0.493. The first-order valence-electron chi connectivity index (χ1n) is 9.50. The predicted molar refractivity (Wildman–Crippen MR) is 114 cm³/mol. The van der Waals surface area contributed by atoms with E-state index < -0.39 is 11.8 Å². The van der Waals surface area contributed by atoms with Crippen LogP contribution in [0.4, 0.5) is 0 Å². The van der Waals surface area contributed by atoms with Crippen molar-refractivity contribution in [2.45, 2.75) is 12.8 Å². The van der Waals surface area contributed by atoms with Crippen LogP contribution in [0.3, 0.4) is 0 Å². The summed E-state index contributed by atoms with van der Waals surface area (Å²) in [5.74, 6) is -1.27. The van der Waals surface area contributed by atoms with E-state index in [0.717, 1.165) is 11.1 Å². The van der Waals surface area contributed by atoms with Gasteiger partial charge in [0.25, 0.3) is 0 Å². The highest BCUT2D eigenvalue weighted by Gasteiger charge is 2.33. The number of hydrogen-bond acceptors (Lipinski definition) is 2. The minimum Gasteiger partial charge on any atom is -0.352 e. The van der Waals surface area contributed by atoms with Gasteiger partial charge in [-0.2, -0.15) is 0 Å². The maximum Gasteiger partial charge on any atom is 0.224 e. The maximum absolute atomic E-state index is 13.0. The van der Waals surface area contributed by atoms with E-state index in [4.69, 9.17) is 0 Å². The lowest BCUT2D eigenvalue weighted by Crippen LogP contribution is -2.44. The number of benzene rings is 2. The van der Waals surface area contributed by atoms with Crippen molar-refractivity contribution in [2.75, 3.05) is 13.1 Å². The Morgan fingerprint density at radius 3 is 1.39 bits per heavy atom. The first-order valence-corrected chi connectivity index (χ1v) is 9.50. The lowest BCUT2D eigenvalue weighted by atomic mass is 9.81. The summed E-state index contributed by atoms with van der Waals surface area (Å²) in [5.41, 5.74) is 2.05. The Hall–Kier alpha value is -3.14. The van der Waals surface area contributed by atoms with Crippen molar-refractivity contribution in [1.82, 2.24) is 10.6 Å². The van der Waals surface area contributed by atoms with Gasteiger partial charge < -0.3 is 10.6 Å². The Balaban J connectivity index is 2.33. The van der Waals surface area contributed by atoms with E-state index in [0.29, 0.717) is 25.9 Å². The molecule has 0 unspecified atom stereocenters. The summed E-state index contributed by atoms with van der Waals surface area (Å²) in [6, 6.07) is 19.6. The fourth-order valence-electron chi connectivity index (χ4n) is 3.18. The molecule has 2 atom stereocenters. The van der Waals surface area contributed by atoms with E-state index in [1.807, 2.05) is 60.7 Å². The molecule has 146 valence electrons. The van der Waals surface area contributed by atoms with Gasteiger partial charge in [0.2, 0.25) is 11.8 Å². The van der Waals surface area contributed by atoms with Crippen molar-refractivity contribution in [3.8, 4) is 0 Å². The monoisotopic (exact) mass is 376 g/mol. The van der Waals surface area contributed by atoms with E-state index >= 15 is 0 Å². The predicted octanol–water partition coefficient (Wildman–Crippen LogP) is 3.31. The molecule has 2 aromatic carbocycles. The van der Waals surface area contributed by atoms with Crippen LogP contribution < -0.4 is 10.6 Å². The van der Waals surface area contributed by atoms with Crippen LogP contribution >= 0.6 is 0 Å². The molecule has 2 aromatic rings. The molecule has 0 aliphatic heterocycles. The molecule has 2 rings (SSSR count). The summed E-state index contributed by atoms with van der Waals surface area (Å²) in [6.07, 6.45) is 4.26. The third-order valence-electron chi connectivity index (χ3n) is 4.60. The lowest BCUT2D eigenvalue weighted by Gasteiger charge is -2.26. The van der Waals surface area contributed by atoms with Crippen molar-refractivity contribution in [3.05, 3.63) is 97.1 Å². The van der Waals surface area contributed by atoms with Gasteiger partial charge in [-0.25, -0.2) is 0 Å². The number of hydrogen-bond donors (Lipinski definition) is 2. The van der Waals surface area contributed by atoms with Gasteiger partial charge in [0, 0.05) is 13.1 Å². The van der Waals surface area contributed by atoms with Gasteiger partial charge in [-0.3, -0.25) is 9.59 Å². The normalized spacial score (nSPS) is 12.4. The summed E-state index contributed by atoms with van der Waals surface area (Å²) in [7, 11) is 0. The van der Waals surface area contributed by atoms with Crippen molar-refractivity contribution < 1.29 is 9.59 Å². The first kappa shape index (κ1) is 21.2. The van der Waals surface area contributed by atoms with E-state index in [1.54, 1.807) is 12.2 Å². The third kappa shape index (κ3) is 6.54. The first-order chi connectivity index (χ1) is 13.7. The number of carbonyl (C=O) groups is 2. The van der Waals surface area contributed by atoms with Crippen LogP contribution in [-0.4, -0.2) is 24.9 Å². The van der Waals surface area contributed by atoms with Gasteiger partial charge in [-0.1, -0.05) is 72.8 Å². The standard InChI is InChI=1S/C24H28N2O2/c1-3-15-25-23(27)21(17-19-11-7-5-8-12-19)22(24(28)26-16-4-2)18-20-13-9-6-10-14-20/h3-14,21-22H,1-2,15-18H2,(H,25,27)(H,26,28)/t21-,22-/m1/s1. The van der Waals surface area contributed by atoms with Crippen LogP contribution in [0, 0.1) is 11.8 Å². The fraction of sp³-hybridized carbons (Fsp3) is 0.250. The molecular weight excluding hydrogens is 348 g/mol. The molecule has 0 aromatic heterocycles. The van der Waals surface area contributed by atoms with Crippen LogP contribution in [-0.2, 0) is 22.4 Å². The Morgan fingerprint density at radius 2 is 1.07 bits per heavy atom. The molecule has 0 bridgehead atoms. The molecular formula is C24H28N2O2. The topological polar surface area (TPSA) is 58.2 Å². The molecule has 4 nitrogen and oxygen atoms in total. The molecule has 0 heterocycles. The molecule has 0 saturated heterocycles. The largest absolute Gasteiger partial charge is 0.352 e. The Labute approximate surface area is 167 Å². The Bertz CT molecular complexity index is 704. The third-order valence-corrected chi connectivity index (χ3v) is 4.60. The number of amides is 2. The van der Waals surface area contributed by atoms with Crippen molar-refractivity contribution >= 4 is 11.8 Å². The SMILES string of the molecule is C=CCNC(=O)[C@H](Cc1ccccc1)[C@@H](Cc1ccccc1)C(=O)NCC=C. The summed E-state index contributed by atoms with van der Waals surface area (Å²) in [6.45, 7) is 8.06. The number of rotatable bonds is 11. The van der Waals surface area contributed by atoms with Gasteiger partial charge in [0.15, 0.2) is 0 Å². The summed E-state index contributed by atoms with van der Waals surface area (Å²) in [4.78, 5) is 25.9. The second-order valence-corrected chi connectivity index (χ2v) is 6.66. The summed E-state index contributed by atoms with van der Waals surface area (Å²) in [5, 5.41) is 5.75. The van der Waals surface area contributed by atoms with Crippen LogP contribution in [0.1, 0.15) is 11.1 Å². The van der Waals surface area contributed by atoms with Crippen LogP contribution in [0.2, 0.25) is 0 Å². The maximum atomic E-state index is 13.0. The van der Waals surface area contributed by atoms with Crippen LogP contribution in [0.5, 0.6) is 0 Å². The summed E-state index contributed by atoms with van der Waals surface area (Å²) < 4.78 is 0. The van der Waals surface area contributed by atoms with Crippen molar-refractivity contribution in [2.24, 2.45) is 11.8 Å². The van der Waals surface area contributed by atoms with Gasteiger partial charge >= 0.3 is 0 Å². The smallest absolute Gasteiger partial charge is 0.224 e. The molecule has 4 heteroatoms. The van der Waals surface area contributed by atoms with Crippen LogP contribution in [0.15, 0.2) is 86.0 Å². The Morgan fingerprint density at radius 1 is 0.714 bits per heavy atom. The molecule has 0 aliphatic carbocycles. The molecule has 28 heavy (non-hydrogen) atoms. The van der Waals surface area contributed by atoms with Gasteiger partial charge in [0.1, 0.15) is 0 Å². The summed E-state index contributed by atoms with van der Waals surface area (Å²) >= 11 is 0. The van der Waals surface area contributed by atoms with Gasteiger partial charge in [-0.15, -0.1) is 13.2 Å². The highest BCUT2D eigenvalue weighted by Crippen LogP contribution is 2.23. The zero-order valence-electron chi connectivity index (χ0n) is 16.1. The van der Waals surface area contributed by atoms with Gasteiger partial charge in [-0.05, 0) is 24.0 Å². The van der Waals surface area contributed by atoms with Crippen molar-refractivity contribution in [1.29, 1.82) is 0 Å². The molecule has 2 amide bonds. The minimum absolute atomic E-state index is 0.140. The fourth-order valence-corrected chi connectivity index (χ4v) is 3.18. The highest BCUT2D eigenvalue weighted by molar-refractivity contribution is 5.88. The van der Waals surface area contributed by atoms with Crippen LogP contribution in [0.25, 0.3) is 0 Å². The number of nitrogens with one attached hydrogen (secondary N) is 2. The number of carbonyl (C=O) groups excluding carboxylic acids is 2. The average molecular weight is 377 g/mol. The zero-order valence-corrected chi connectivity index (χ0v) is 16.1. The molecule has 0 saturated carbocycles. The lowest BCUT2D eigenvalue weighted by molar-refractivity contribution is -0.134. The molecule has 2 N–H and O–H groups in total. The highest BCUT2D eigenvalue weighted by atomic mass is 16.2. The average Bonchev–Trinajstić information content (AvgIpc) is 2.74. The molecule has 0 spiro atoms. The quantitative estimate of drug-likeness (QED) is 0.591. The second-order valence-electron chi connectivity index (χ2n) is 6.66. The molecule has 0 radical (unpaired) electrons. The zero-order chi connectivity index (χ0) is 20.2. The van der Waals surface area contributed by atoms with E-state index in [2.05, 4.69) is 23.8 Å². The van der Waals surface area contributed by atoms with E-state index in [1.165, 1.54) is 0 Å². The molecule has 0 aliphatic rings. The molecule has 0 fully saturated rings. The van der Waals surface area contributed by atoms with E-state index in [9.17, 15) is 9.59 Å². The Kier molecular flexibility index (Phi) is 8.73. The van der Waals surface area contributed by atoms with Gasteiger partial charge in [0.05, 0.1) is 11.8 Å². The van der Waals surface area contributed by atoms with Crippen molar-refractivity contribution in [3.63, 3.8) is 0 Å².